The van der Waals surface area contributed by atoms with Gasteiger partial charge in [-0.15, -0.1) is 0 Å². The maximum absolute atomic E-state index is 12.3. The summed E-state index contributed by atoms with van der Waals surface area (Å²) in [7, 11) is 0. The molecular weight excluding hydrogens is 306 g/mol. The third-order valence-corrected chi connectivity index (χ3v) is 3.22. The molecule has 0 unspecified atom stereocenters. The molecule has 0 aliphatic carbocycles. The van der Waals surface area contributed by atoms with Gasteiger partial charge in [0.1, 0.15) is 5.75 Å². The summed E-state index contributed by atoms with van der Waals surface area (Å²) in [6.07, 6.45) is 0.909. The van der Waals surface area contributed by atoms with E-state index >= 15 is 0 Å². The largest absolute Gasteiger partial charge is 0.494 e. The molecule has 0 bridgehead atoms. The minimum absolute atomic E-state index is 0.190. The molecular formula is C18H21N3O3. The Bertz CT molecular complexity index is 716. The zero-order chi connectivity index (χ0) is 17.4. The molecule has 0 radical (unpaired) electrons. The molecule has 126 valence electrons. The van der Waals surface area contributed by atoms with E-state index in [4.69, 9.17) is 10.5 Å². The number of primary amides is 1. The molecule has 2 aromatic carbocycles. The van der Waals surface area contributed by atoms with Crippen molar-refractivity contribution in [3.63, 3.8) is 0 Å². The van der Waals surface area contributed by atoms with Crippen LogP contribution >= 0.6 is 0 Å². The monoisotopic (exact) mass is 327 g/mol. The van der Waals surface area contributed by atoms with Crippen LogP contribution in [-0.2, 0) is 6.54 Å². The molecule has 0 aliphatic rings. The summed E-state index contributed by atoms with van der Waals surface area (Å²) in [4.78, 5) is 23.1. The summed E-state index contributed by atoms with van der Waals surface area (Å²) < 4.78 is 5.53. The van der Waals surface area contributed by atoms with Crippen LogP contribution in [0.15, 0.2) is 48.5 Å². The van der Waals surface area contributed by atoms with Gasteiger partial charge >= 0.3 is 6.03 Å². The van der Waals surface area contributed by atoms with E-state index in [9.17, 15) is 9.59 Å². The van der Waals surface area contributed by atoms with E-state index in [1.165, 1.54) is 0 Å². The summed E-state index contributed by atoms with van der Waals surface area (Å²) in [5.74, 6) is 0.488. The second-order valence-corrected chi connectivity index (χ2v) is 5.25. The van der Waals surface area contributed by atoms with Gasteiger partial charge in [0.2, 0.25) is 0 Å². The Balaban J connectivity index is 1.96. The van der Waals surface area contributed by atoms with Gasteiger partial charge in [0, 0.05) is 17.8 Å². The topological polar surface area (TPSA) is 93.4 Å². The van der Waals surface area contributed by atoms with Crippen LogP contribution in [0.2, 0.25) is 0 Å². The molecule has 4 N–H and O–H groups in total. The minimum Gasteiger partial charge on any atom is -0.494 e. The van der Waals surface area contributed by atoms with E-state index in [-0.39, 0.29) is 5.91 Å². The van der Waals surface area contributed by atoms with Crippen LogP contribution in [0.4, 0.5) is 10.5 Å². The molecule has 6 heteroatoms. The smallest absolute Gasteiger partial charge is 0.316 e. The van der Waals surface area contributed by atoms with Crippen LogP contribution in [0, 0.1) is 0 Å². The Morgan fingerprint density at radius 1 is 1.12 bits per heavy atom. The first-order chi connectivity index (χ1) is 11.6. The van der Waals surface area contributed by atoms with Gasteiger partial charge in [-0.1, -0.05) is 25.1 Å². The van der Waals surface area contributed by atoms with Crippen molar-refractivity contribution < 1.29 is 14.3 Å². The maximum atomic E-state index is 12.3. The number of nitrogens with one attached hydrogen (secondary N) is 2. The zero-order valence-corrected chi connectivity index (χ0v) is 13.5. The van der Waals surface area contributed by atoms with E-state index in [0.29, 0.717) is 30.2 Å². The maximum Gasteiger partial charge on any atom is 0.316 e. The third kappa shape index (κ3) is 5.31. The SMILES string of the molecule is CCCOc1cccc(C(=O)NCc2cccc(NC(N)=O)c2)c1. The van der Waals surface area contributed by atoms with Crippen molar-refractivity contribution in [1.82, 2.24) is 5.32 Å². The van der Waals surface area contributed by atoms with E-state index in [1.807, 2.05) is 19.1 Å². The van der Waals surface area contributed by atoms with Crippen molar-refractivity contribution in [2.45, 2.75) is 19.9 Å². The Morgan fingerprint density at radius 2 is 1.92 bits per heavy atom. The molecule has 0 aliphatic heterocycles. The van der Waals surface area contributed by atoms with Gasteiger partial charge in [-0.25, -0.2) is 4.79 Å². The molecule has 0 spiro atoms. The molecule has 0 aromatic heterocycles. The number of nitrogens with two attached hydrogens (primary N) is 1. The van der Waals surface area contributed by atoms with Gasteiger partial charge < -0.3 is 21.1 Å². The van der Waals surface area contributed by atoms with Gasteiger partial charge in [0.15, 0.2) is 0 Å². The summed E-state index contributed by atoms with van der Waals surface area (Å²) in [6, 6.07) is 13.6. The van der Waals surface area contributed by atoms with Crippen molar-refractivity contribution in [3.05, 3.63) is 59.7 Å². The van der Waals surface area contributed by atoms with E-state index in [1.54, 1.807) is 36.4 Å². The Morgan fingerprint density at radius 3 is 2.67 bits per heavy atom. The van der Waals surface area contributed by atoms with Crippen LogP contribution in [0.25, 0.3) is 0 Å². The first-order valence-corrected chi connectivity index (χ1v) is 7.75. The van der Waals surface area contributed by atoms with Crippen LogP contribution in [0.1, 0.15) is 29.3 Å². The second kappa shape index (κ2) is 8.57. The molecule has 6 nitrogen and oxygen atoms in total. The molecule has 24 heavy (non-hydrogen) atoms. The zero-order valence-electron chi connectivity index (χ0n) is 13.5. The van der Waals surface area contributed by atoms with E-state index < -0.39 is 6.03 Å². The predicted octanol–water partition coefficient (Wildman–Crippen LogP) is 2.90. The minimum atomic E-state index is -0.625. The van der Waals surface area contributed by atoms with E-state index in [0.717, 1.165) is 12.0 Å². The van der Waals surface area contributed by atoms with Crippen molar-refractivity contribution in [3.8, 4) is 5.75 Å². The second-order valence-electron chi connectivity index (χ2n) is 5.25. The number of ether oxygens (including phenoxy) is 1. The molecule has 0 saturated heterocycles. The average molecular weight is 327 g/mol. The lowest BCUT2D eigenvalue weighted by molar-refractivity contribution is 0.0950. The van der Waals surface area contributed by atoms with Crippen molar-refractivity contribution in [2.24, 2.45) is 5.73 Å². The number of hydrogen-bond acceptors (Lipinski definition) is 3. The van der Waals surface area contributed by atoms with Crippen LogP contribution in [-0.4, -0.2) is 18.5 Å². The number of urea groups is 1. The fourth-order valence-corrected chi connectivity index (χ4v) is 2.13. The summed E-state index contributed by atoms with van der Waals surface area (Å²) in [5.41, 5.74) is 7.07. The Labute approximate surface area is 141 Å². The first kappa shape index (κ1) is 17.3. The van der Waals surface area contributed by atoms with Crippen molar-refractivity contribution in [2.75, 3.05) is 11.9 Å². The summed E-state index contributed by atoms with van der Waals surface area (Å²) >= 11 is 0. The van der Waals surface area contributed by atoms with Gasteiger partial charge in [-0.2, -0.15) is 0 Å². The van der Waals surface area contributed by atoms with Gasteiger partial charge in [0.25, 0.3) is 5.91 Å². The summed E-state index contributed by atoms with van der Waals surface area (Å²) in [5, 5.41) is 5.34. The van der Waals surface area contributed by atoms with Crippen LogP contribution in [0.3, 0.4) is 0 Å². The average Bonchev–Trinajstić information content (AvgIpc) is 2.58. The molecule has 0 saturated carbocycles. The predicted molar refractivity (Wildman–Crippen MR) is 93.0 cm³/mol. The number of benzene rings is 2. The van der Waals surface area contributed by atoms with Gasteiger partial charge in [-0.05, 0) is 42.3 Å². The Hall–Kier alpha value is -3.02. The number of carbonyl (C=O) groups excluding carboxylic acids is 2. The number of anilines is 1. The van der Waals surface area contributed by atoms with Crippen molar-refractivity contribution in [1.29, 1.82) is 0 Å². The lowest BCUT2D eigenvalue weighted by Gasteiger charge is -2.09. The quantitative estimate of drug-likeness (QED) is 0.730. The number of rotatable bonds is 7. The molecule has 0 heterocycles. The number of amides is 3. The van der Waals surface area contributed by atoms with Crippen LogP contribution < -0.4 is 21.1 Å². The van der Waals surface area contributed by atoms with E-state index in [2.05, 4.69) is 10.6 Å². The fraction of sp³-hybridized carbons (Fsp3) is 0.222. The standard InChI is InChI=1S/C18H21N3O3/c1-2-9-24-16-8-4-6-14(11-16)17(22)20-12-13-5-3-7-15(10-13)21-18(19)23/h3-8,10-11H,2,9,12H2,1H3,(H,20,22)(H3,19,21,23). The highest BCUT2D eigenvalue weighted by molar-refractivity contribution is 5.94. The van der Waals surface area contributed by atoms with Crippen molar-refractivity contribution >= 4 is 17.6 Å². The first-order valence-electron chi connectivity index (χ1n) is 7.75. The highest BCUT2D eigenvalue weighted by atomic mass is 16.5. The third-order valence-electron chi connectivity index (χ3n) is 3.22. The molecule has 3 amide bonds. The molecule has 0 fully saturated rings. The molecule has 2 rings (SSSR count). The fourth-order valence-electron chi connectivity index (χ4n) is 2.13. The summed E-state index contributed by atoms with van der Waals surface area (Å²) in [6.45, 7) is 2.98. The highest BCUT2D eigenvalue weighted by Gasteiger charge is 2.07. The number of hydrogen-bond donors (Lipinski definition) is 3. The normalized spacial score (nSPS) is 10.0. The molecule has 0 atom stereocenters. The number of carbonyl (C=O) groups is 2. The van der Waals surface area contributed by atoms with Gasteiger partial charge in [-0.3, -0.25) is 4.79 Å². The molecule has 2 aromatic rings. The lowest BCUT2D eigenvalue weighted by atomic mass is 10.1. The Kier molecular flexibility index (Phi) is 6.19. The van der Waals surface area contributed by atoms with Crippen LogP contribution in [0.5, 0.6) is 5.75 Å². The van der Waals surface area contributed by atoms with Gasteiger partial charge in [0.05, 0.1) is 6.61 Å². The lowest BCUT2D eigenvalue weighted by Crippen LogP contribution is -2.23. The highest BCUT2D eigenvalue weighted by Crippen LogP contribution is 2.14.